The molecule has 0 heteroatoms. The molecule has 1 fully saturated rings. The van der Waals surface area contributed by atoms with Gasteiger partial charge in [-0.15, -0.1) is 0 Å². The van der Waals surface area contributed by atoms with Gasteiger partial charge in [-0.2, -0.15) is 0 Å². The molecule has 0 nitrogen and oxygen atoms in total. The SMILES string of the molecule is C.CC(C)C1CC(C(C)C)CC(C(C)C)C1. The van der Waals surface area contributed by atoms with Crippen LogP contribution < -0.4 is 0 Å². The van der Waals surface area contributed by atoms with E-state index in [9.17, 15) is 0 Å². The summed E-state index contributed by atoms with van der Waals surface area (Å²) in [5.41, 5.74) is 0. The Bertz CT molecular complexity index is 139. The zero-order valence-electron chi connectivity index (χ0n) is 11.6. The molecule has 0 aromatic rings. The highest BCUT2D eigenvalue weighted by molar-refractivity contribution is 4.83. The van der Waals surface area contributed by atoms with Crippen LogP contribution in [-0.4, -0.2) is 0 Å². The van der Waals surface area contributed by atoms with Gasteiger partial charge in [-0.1, -0.05) is 49.0 Å². The molecular formula is C16H34. The number of rotatable bonds is 3. The molecule has 1 saturated carbocycles. The van der Waals surface area contributed by atoms with Crippen LogP contribution in [0.4, 0.5) is 0 Å². The summed E-state index contributed by atoms with van der Waals surface area (Å²) in [5, 5.41) is 0. The summed E-state index contributed by atoms with van der Waals surface area (Å²) in [6.07, 6.45) is 4.45. The van der Waals surface area contributed by atoms with Crippen LogP contribution in [0.1, 0.15) is 68.2 Å². The molecule has 0 bridgehead atoms. The van der Waals surface area contributed by atoms with Crippen molar-refractivity contribution >= 4 is 0 Å². The Morgan fingerprint density at radius 3 is 0.875 bits per heavy atom. The third kappa shape index (κ3) is 4.11. The molecule has 0 N–H and O–H groups in total. The highest BCUT2D eigenvalue weighted by Crippen LogP contribution is 2.42. The van der Waals surface area contributed by atoms with E-state index in [0.717, 1.165) is 35.5 Å². The first-order valence-corrected chi connectivity index (χ1v) is 6.91. The summed E-state index contributed by atoms with van der Waals surface area (Å²) in [6, 6.07) is 0. The van der Waals surface area contributed by atoms with Gasteiger partial charge in [0.25, 0.3) is 0 Å². The van der Waals surface area contributed by atoms with Crippen molar-refractivity contribution in [2.24, 2.45) is 35.5 Å². The number of hydrogen-bond acceptors (Lipinski definition) is 0. The first kappa shape index (κ1) is 16.0. The average Bonchev–Trinajstić information content (AvgIpc) is 2.16. The highest BCUT2D eigenvalue weighted by atomic mass is 14.4. The maximum atomic E-state index is 2.41. The predicted molar refractivity (Wildman–Crippen MR) is 75.6 cm³/mol. The molecule has 0 amide bonds. The smallest absolute Gasteiger partial charge is 0.0386 e. The first-order chi connectivity index (χ1) is 6.91. The number of hydrogen-bond donors (Lipinski definition) is 0. The van der Waals surface area contributed by atoms with E-state index in [2.05, 4.69) is 41.5 Å². The summed E-state index contributed by atoms with van der Waals surface area (Å²) in [7, 11) is 0. The second-order valence-corrected chi connectivity index (χ2v) is 6.72. The van der Waals surface area contributed by atoms with E-state index in [1.807, 2.05) is 0 Å². The third-order valence-corrected chi connectivity index (χ3v) is 4.64. The van der Waals surface area contributed by atoms with Gasteiger partial charge in [-0.05, 0) is 54.8 Å². The Morgan fingerprint density at radius 1 is 0.562 bits per heavy atom. The Kier molecular flexibility index (Phi) is 6.67. The van der Waals surface area contributed by atoms with Crippen molar-refractivity contribution in [3.8, 4) is 0 Å². The Labute approximate surface area is 104 Å². The summed E-state index contributed by atoms with van der Waals surface area (Å²) in [4.78, 5) is 0. The molecular weight excluding hydrogens is 192 g/mol. The fourth-order valence-electron chi connectivity index (χ4n) is 3.09. The lowest BCUT2D eigenvalue weighted by atomic mass is 9.65. The van der Waals surface area contributed by atoms with Crippen LogP contribution in [0.5, 0.6) is 0 Å². The van der Waals surface area contributed by atoms with Crippen LogP contribution in [-0.2, 0) is 0 Å². The molecule has 1 aliphatic carbocycles. The quantitative estimate of drug-likeness (QED) is 0.585. The van der Waals surface area contributed by atoms with Crippen LogP contribution in [0.2, 0.25) is 0 Å². The fourth-order valence-corrected chi connectivity index (χ4v) is 3.09. The summed E-state index contributed by atoms with van der Waals surface area (Å²) in [5.74, 6) is 5.60. The molecule has 0 aliphatic heterocycles. The molecule has 0 aromatic carbocycles. The molecule has 16 heavy (non-hydrogen) atoms. The van der Waals surface area contributed by atoms with Crippen molar-refractivity contribution in [2.45, 2.75) is 68.2 Å². The van der Waals surface area contributed by atoms with E-state index in [1.54, 1.807) is 0 Å². The first-order valence-electron chi connectivity index (χ1n) is 6.91. The maximum Gasteiger partial charge on any atom is -0.0386 e. The van der Waals surface area contributed by atoms with Gasteiger partial charge in [0, 0.05) is 0 Å². The molecule has 0 unspecified atom stereocenters. The summed E-state index contributed by atoms with van der Waals surface area (Å²) >= 11 is 0. The third-order valence-electron chi connectivity index (χ3n) is 4.64. The van der Waals surface area contributed by atoms with Gasteiger partial charge < -0.3 is 0 Å². The van der Waals surface area contributed by atoms with Gasteiger partial charge in [0.1, 0.15) is 0 Å². The lowest BCUT2D eigenvalue weighted by molar-refractivity contribution is 0.102. The molecule has 0 atom stereocenters. The minimum absolute atomic E-state index is 0. The standard InChI is InChI=1S/C15H30.CH4/c1-10(2)13-7-14(11(3)4)9-15(8-13)12(5)6;/h10-15H,7-9H2,1-6H3;1H4. The van der Waals surface area contributed by atoms with E-state index in [1.165, 1.54) is 19.3 Å². The Hall–Kier alpha value is 0. The fraction of sp³-hybridized carbons (Fsp3) is 1.00. The van der Waals surface area contributed by atoms with E-state index < -0.39 is 0 Å². The topological polar surface area (TPSA) is 0 Å². The monoisotopic (exact) mass is 226 g/mol. The maximum absolute atomic E-state index is 2.41. The normalized spacial score (nSPS) is 30.9. The van der Waals surface area contributed by atoms with Crippen LogP contribution >= 0.6 is 0 Å². The van der Waals surface area contributed by atoms with Crippen LogP contribution in [0, 0.1) is 35.5 Å². The molecule has 0 spiro atoms. The molecule has 0 aromatic heterocycles. The van der Waals surface area contributed by atoms with E-state index in [-0.39, 0.29) is 7.43 Å². The second kappa shape index (κ2) is 6.67. The van der Waals surface area contributed by atoms with E-state index in [4.69, 9.17) is 0 Å². The zero-order chi connectivity index (χ0) is 11.6. The summed E-state index contributed by atoms with van der Waals surface area (Å²) < 4.78 is 0. The molecule has 98 valence electrons. The molecule has 0 saturated heterocycles. The van der Waals surface area contributed by atoms with Crippen molar-refractivity contribution in [1.82, 2.24) is 0 Å². The van der Waals surface area contributed by atoms with Gasteiger partial charge in [0.2, 0.25) is 0 Å². The van der Waals surface area contributed by atoms with Crippen molar-refractivity contribution in [3.63, 3.8) is 0 Å². The van der Waals surface area contributed by atoms with Gasteiger partial charge in [-0.25, -0.2) is 0 Å². The molecule has 1 aliphatic rings. The molecule has 0 radical (unpaired) electrons. The lowest BCUT2D eigenvalue weighted by Gasteiger charge is -2.40. The van der Waals surface area contributed by atoms with Crippen molar-refractivity contribution < 1.29 is 0 Å². The van der Waals surface area contributed by atoms with Crippen molar-refractivity contribution in [2.75, 3.05) is 0 Å². The minimum atomic E-state index is 0. The lowest BCUT2D eigenvalue weighted by Crippen LogP contribution is -2.30. The minimum Gasteiger partial charge on any atom is -0.0776 e. The van der Waals surface area contributed by atoms with Gasteiger partial charge in [0.05, 0.1) is 0 Å². The second-order valence-electron chi connectivity index (χ2n) is 6.72. The molecule has 0 heterocycles. The van der Waals surface area contributed by atoms with Crippen LogP contribution in [0.3, 0.4) is 0 Å². The van der Waals surface area contributed by atoms with E-state index >= 15 is 0 Å². The van der Waals surface area contributed by atoms with Gasteiger partial charge in [0.15, 0.2) is 0 Å². The Morgan fingerprint density at radius 2 is 0.750 bits per heavy atom. The van der Waals surface area contributed by atoms with Gasteiger partial charge in [-0.3, -0.25) is 0 Å². The van der Waals surface area contributed by atoms with Crippen molar-refractivity contribution in [3.05, 3.63) is 0 Å². The van der Waals surface area contributed by atoms with Gasteiger partial charge >= 0.3 is 0 Å². The summed E-state index contributed by atoms with van der Waals surface area (Å²) in [6.45, 7) is 14.4. The zero-order valence-corrected chi connectivity index (χ0v) is 11.6. The highest BCUT2D eigenvalue weighted by Gasteiger charge is 2.32. The van der Waals surface area contributed by atoms with Crippen LogP contribution in [0.15, 0.2) is 0 Å². The molecule has 1 rings (SSSR count). The van der Waals surface area contributed by atoms with Crippen molar-refractivity contribution in [1.29, 1.82) is 0 Å². The largest absolute Gasteiger partial charge is 0.0776 e. The van der Waals surface area contributed by atoms with E-state index in [0.29, 0.717) is 0 Å². The average molecular weight is 226 g/mol. The predicted octanol–water partition coefficient (Wildman–Crippen LogP) is 5.62. The Balaban J connectivity index is 0.00000225. The van der Waals surface area contributed by atoms with Crippen LogP contribution in [0.25, 0.3) is 0 Å².